The van der Waals surface area contributed by atoms with Crippen LogP contribution in [0, 0.1) is 11.8 Å². The fourth-order valence-corrected chi connectivity index (χ4v) is 5.97. The predicted molar refractivity (Wildman–Crippen MR) is 143 cm³/mol. The zero-order chi connectivity index (χ0) is 24.5. The number of hydrogen-bond acceptors (Lipinski definition) is 2. The minimum absolute atomic E-state index is 0.0381. The summed E-state index contributed by atoms with van der Waals surface area (Å²) < 4.78 is 0. The van der Waals surface area contributed by atoms with Crippen LogP contribution in [0.25, 0.3) is 22.0 Å². The Morgan fingerprint density at radius 1 is 0.806 bits per heavy atom. The van der Waals surface area contributed by atoms with Crippen LogP contribution < -0.4 is 5.32 Å². The van der Waals surface area contributed by atoms with Crippen LogP contribution in [0.1, 0.15) is 36.9 Å². The molecule has 36 heavy (non-hydrogen) atoms. The van der Waals surface area contributed by atoms with Crippen molar-refractivity contribution in [1.29, 1.82) is 0 Å². The fraction of sp³-hybridized carbons (Fsp3) is 0.290. The smallest absolute Gasteiger partial charge is 0.228 e. The average Bonchev–Trinajstić information content (AvgIpc) is 3.31. The molecule has 1 aliphatic carbocycles. The highest BCUT2D eigenvalue weighted by molar-refractivity contribution is 5.96. The SMILES string of the molecule is O=C(Nc1ccc(-c2ccccc2)cc1)C1CCCCC1C(=O)N1CCc2c([nH]c3ccccc23)C1. The molecule has 5 nitrogen and oxygen atoms in total. The molecule has 1 fully saturated rings. The zero-order valence-corrected chi connectivity index (χ0v) is 20.4. The van der Waals surface area contributed by atoms with Gasteiger partial charge in [-0.2, -0.15) is 0 Å². The molecule has 0 saturated heterocycles. The molecule has 182 valence electrons. The molecule has 2 heterocycles. The predicted octanol–water partition coefficient (Wildman–Crippen LogP) is 6.16. The molecule has 2 unspecified atom stereocenters. The number of H-pyrrole nitrogens is 1. The van der Waals surface area contributed by atoms with Crippen LogP contribution in [-0.2, 0) is 22.6 Å². The standard InChI is InChI=1S/C31H31N3O2/c35-30(32-23-16-14-22(15-17-23)21-8-2-1-3-9-21)26-11-4-5-12-27(26)31(36)34-19-18-25-24-10-6-7-13-28(24)33-29(25)20-34/h1-3,6-10,13-17,26-27,33H,4-5,11-12,18-20H2,(H,32,35). The van der Waals surface area contributed by atoms with Gasteiger partial charge in [0.1, 0.15) is 0 Å². The van der Waals surface area contributed by atoms with Crippen molar-refractivity contribution in [1.82, 2.24) is 9.88 Å². The van der Waals surface area contributed by atoms with Crippen LogP contribution in [0.4, 0.5) is 5.69 Å². The van der Waals surface area contributed by atoms with Gasteiger partial charge in [-0.05, 0) is 54.2 Å². The highest BCUT2D eigenvalue weighted by atomic mass is 16.2. The summed E-state index contributed by atoms with van der Waals surface area (Å²) in [4.78, 5) is 32.5. The highest BCUT2D eigenvalue weighted by Crippen LogP contribution is 2.35. The van der Waals surface area contributed by atoms with Crippen molar-refractivity contribution in [2.24, 2.45) is 11.8 Å². The number of rotatable bonds is 4. The average molecular weight is 478 g/mol. The zero-order valence-electron chi connectivity index (χ0n) is 20.4. The Bertz CT molecular complexity index is 1390. The lowest BCUT2D eigenvalue weighted by Crippen LogP contribution is -2.45. The lowest BCUT2D eigenvalue weighted by molar-refractivity contribution is -0.143. The molecule has 0 spiro atoms. The van der Waals surface area contributed by atoms with Crippen molar-refractivity contribution in [2.45, 2.75) is 38.6 Å². The number of nitrogens with one attached hydrogen (secondary N) is 2. The van der Waals surface area contributed by atoms with Gasteiger partial charge in [-0.15, -0.1) is 0 Å². The third-order valence-corrected chi connectivity index (χ3v) is 7.87. The molecule has 0 radical (unpaired) electrons. The third kappa shape index (κ3) is 4.30. The number of carbonyl (C=O) groups is 2. The Morgan fingerprint density at radius 2 is 1.50 bits per heavy atom. The number of aromatic nitrogens is 1. The maximum absolute atomic E-state index is 13.7. The minimum Gasteiger partial charge on any atom is -0.357 e. The maximum Gasteiger partial charge on any atom is 0.228 e. The second-order valence-corrected chi connectivity index (χ2v) is 10.1. The molecule has 1 aromatic heterocycles. The first-order chi connectivity index (χ1) is 17.7. The topological polar surface area (TPSA) is 65.2 Å². The van der Waals surface area contributed by atoms with E-state index in [1.54, 1.807) is 0 Å². The van der Waals surface area contributed by atoms with Gasteiger partial charge in [0.15, 0.2) is 0 Å². The number of para-hydroxylation sites is 1. The van der Waals surface area contributed by atoms with E-state index in [0.717, 1.165) is 60.1 Å². The normalized spacial score (nSPS) is 19.6. The van der Waals surface area contributed by atoms with Crippen molar-refractivity contribution in [3.8, 4) is 11.1 Å². The van der Waals surface area contributed by atoms with Crippen LogP contribution >= 0.6 is 0 Å². The molecule has 1 saturated carbocycles. The summed E-state index contributed by atoms with van der Waals surface area (Å²) in [5, 5.41) is 4.35. The number of hydrogen-bond donors (Lipinski definition) is 2. The minimum atomic E-state index is -0.288. The van der Waals surface area contributed by atoms with Gasteiger partial charge in [-0.3, -0.25) is 9.59 Å². The molecule has 6 rings (SSSR count). The largest absolute Gasteiger partial charge is 0.357 e. The summed E-state index contributed by atoms with van der Waals surface area (Å²) in [6, 6.07) is 26.5. The van der Waals surface area contributed by atoms with Crippen molar-refractivity contribution in [2.75, 3.05) is 11.9 Å². The molecule has 4 aromatic rings. The summed E-state index contributed by atoms with van der Waals surface area (Å²) in [6.07, 6.45) is 4.37. The van der Waals surface area contributed by atoms with Gasteiger partial charge < -0.3 is 15.2 Å². The number of anilines is 1. The molecule has 2 N–H and O–H groups in total. The monoisotopic (exact) mass is 477 g/mol. The van der Waals surface area contributed by atoms with Crippen molar-refractivity contribution < 1.29 is 9.59 Å². The first kappa shape index (κ1) is 22.6. The van der Waals surface area contributed by atoms with E-state index in [1.165, 1.54) is 10.9 Å². The van der Waals surface area contributed by atoms with E-state index in [1.807, 2.05) is 53.4 Å². The Hall–Kier alpha value is -3.86. The first-order valence-electron chi connectivity index (χ1n) is 13.0. The van der Waals surface area contributed by atoms with Crippen LogP contribution in [0.5, 0.6) is 0 Å². The summed E-state index contributed by atoms with van der Waals surface area (Å²) in [6.45, 7) is 1.30. The van der Waals surface area contributed by atoms with Gasteiger partial charge in [0.05, 0.1) is 6.54 Å². The van der Waals surface area contributed by atoms with E-state index < -0.39 is 0 Å². The molecule has 2 aliphatic rings. The van der Waals surface area contributed by atoms with Crippen LogP contribution in [0.2, 0.25) is 0 Å². The first-order valence-corrected chi connectivity index (χ1v) is 13.0. The molecule has 3 aromatic carbocycles. The number of aromatic amines is 1. The summed E-state index contributed by atoms with van der Waals surface area (Å²) >= 11 is 0. The molecular weight excluding hydrogens is 446 g/mol. The quantitative estimate of drug-likeness (QED) is 0.369. The van der Waals surface area contributed by atoms with Crippen molar-refractivity contribution >= 4 is 28.4 Å². The van der Waals surface area contributed by atoms with E-state index in [0.29, 0.717) is 13.1 Å². The molecule has 1 aliphatic heterocycles. The number of carbonyl (C=O) groups excluding carboxylic acids is 2. The van der Waals surface area contributed by atoms with Gasteiger partial charge in [-0.1, -0.05) is 73.5 Å². The Morgan fingerprint density at radius 3 is 2.31 bits per heavy atom. The van der Waals surface area contributed by atoms with E-state index in [9.17, 15) is 9.59 Å². The van der Waals surface area contributed by atoms with Gasteiger partial charge >= 0.3 is 0 Å². The van der Waals surface area contributed by atoms with Gasteiger partial charge in [0.2, 0.25) is 11.8 Å². The third-order valence-electron chi connectivity index (χ3n) is 7.87. The van der Waals surface area contributed by atoms with Crippen LogP contribution in [-0.4, -0.2) is 28.2 Å². The highest BCUT2D eigenvalue weighted by Gasteiger charge is 2.39. The van der Waals surface area contributed by atoms with E-state index in [-0.39, 0.29) is 23.7 Å². The second-order valence-electron chi connectivity index (χ2n) is 10.1. The summed E-state index contributed by atoms with van der Waals surface area (Å²) in [5.74, 6) is -0.458. The molecule has 2 atom stereocenters. The Kier molecular flexibility index (Phi) is 6.06. The summed E-state index contributed by atoms with van der Waals surface area (Å²) in [7, 11) is 0. The summed E-state index contributed by atoms with van der Waals surface area (Å²) in [5.41, 5.74) is 6.62. The lowest BCUT2D eigenvalue weighted by Gasteiger charge is -2.35. The Labute approximate surface area is 211 Å². The number of fused-ring (bicyclic) bond motifs is 3. The van der Waals surface area contributed by atoms with E-state index in [4.69, 9.17) is 0 Å². The molecule has 2 amide bonds. The number of benzene rings is 3. The molecule has 0 bridgehead atoms. The van der Waals surface area contributed by atoms with E-state index in [2.05, 4.69) is 40.6 Å². The fourth-order valence-electron chi connectivity index (χ4n) is 5.97. The van der Waals surface area contributed by atoms with Gasteiger partial charge in [0, 0.05) is 40.7 Å². The number of amides is 2. The maximum atomic E-state index is 13.7. The molecule has 5 heteroatoms. The molecular formula is C31H31N3O2. The van der Waals surface area contributed by atoms with Crippen molar-refractivity contribution in [3.05, 3.63) is 90.1 Å². The van der Waals surface area contributed by atoms with Gasteiger partial charge in [-0.25, -0.2) is 0 Å². The second kappa shape index (κ2) is 9.65. The van der Waals surface area contributed by atoms with Crippen molar-refractivity contribution in [3.63, 3.8) is 0 Å². The number of nitrogens with zero attached hydrogens (tertiary/aromatic N) is 1. The van der Waals surface area contributed by atoms with Crippen LogP contribution in [0.3, 0.4) is 0 Å². The van der Waals surface area contributed by atoms with Gasteiger partial charge in [0.25, 0.3) is 0 Å². The van der Waals surface area contributed by atoms with Crippen LogP contribution in [0.15, 0.2) is 78.9 Å². The Balaban J connectivity index is 1.15. The lowest BCUT2D eigenvalue weighted by atomic mass is 9.77. The van der Waals surface area contributed by atoms with E-state index >= 15 is 0 Å².